The SMILES string of the molecule is Cc1cc(C)c2c(c1)C(NC(=O)COc1ccc(CC#N)cc1)CCO2. The largest absolute Gasteiger partial charge is 0.493 e. The number of nitriles is 1. The van der Waals surface area contributed by atoms with E-state index >= 15 is 0 Å². The first-order valence-electron chi connectivity index (χ1n) is 8.69. The summed E-state index contributed by atoms with van der Waals surface area (Å²) < 4.78 is 11.3. The molecule has 1 amide bonds. The first-order valence-corrected chi connectivity index (χ1v) is 8.69. The number of fused-ring (bicyclic) bond motifs is 1. The molecule has 2 aromatic rings. The highest BCUT2D eigenvalue weighted by molar-refractivity contribution is 5.78. The number of nitrogens with zero attached hydrogens (tertiary/aromatic N) is 1. The molecular formula is C21H22N2O3. The third-order valence-corrected chi connectivity index (χ3v) is 4.39. The van der Waals surface area contributed by atoms with Crippen molar-refractivity contribution in [1.29, 1.82) is 5.26 Å². The number of ether oxygens (including phenoxy) is 2. The van der Waals surface area contributed by atoms with Crippen LogP contribution in [0.5, 0.6) is 11.5 Å². The van der Waals surface area contributed by atoms with E-state index in [0.29, 0.717) is 18.8 Å². The van der Waals surface area contributed by atoms with Crippen LogP contribution in [0, 0.1) is 25.2 Å². The molecule has 3 rings (SSSR count). The Kier molecular flexibility index (Phi) is 5.43. The lowest BCUT2D eigenvalue weighted by Crippen LogP contribution is -2.35. The van der Waals surface area contributed by atoms with E-state index in [1.54, 1.807) is 12.1 Å². The van der Waals surface area contributed by atoms with E-state index in [0.717, 1.165) is 34.4 Å². The van der Waals surface area contributed by atoms with Crippen LogP contribution < -0.4 is 14.8 Å². The molecular weight excluding hydrogens is 328 g/mol. The van der Waals surface area contributed by atoms with Crippen molar-refractivity contribution in [2.24, 2.45) is 0 Å². The second kappa shape index (κ2) is 7.92. The number of hydrogen-bond donors (Lipinski definition) is 1. The maximum Gasteiger partial charge on any atom is 0.258 e. The van der Waals surface area contributed by atoms with Gasteiger partial charge in [-0.25, -0.2) is 0 Å². The molecule has 0 saturated carbocycles. The van der Waals surface area contributed by atoms with E-state index in [1.807, 2.05) is 26.0 Å². The van der Waals surface area contributed by atoms with E-state index in [9.17, 15) is 4.79 Å². The van der Waals surface area contributed by atoms with Gasteiger partial charge in [0.2, 0.25) is 0 Å². The summed E-state index contributed by atoms with van der Waals surface area (Å²) in [5.74, 6) is 1.32. The summed E-state index contributed by atoms with van der Waals surface area (Å²) in [5, 5.41) is 11.7. The monoisotopic (exact) mass is 350 g/mol. The van der Waals surface area contributed by atoms with Crippen molar-refractivity contribution in [2.75, 3.05) is 13.2 Å². The molecule has 0 aromatic heterocycles. The van der Waals surface area contributed by atoms with E-state index in [2.05, 4.69) is 23.5 Å². The zero-order valence-corrected chi connectivity index (χ0v) is 15.0. The van der Waals surface area contributed by atoms with Crippen LogP contribution in [-0.2, 0) is 11.2 Å². The van der Waals surface area contributed by atoms with E-state index < -0.39 is 0 Å². The number of aryl methyl sites for hydroxylation is 2. The van der Waals surface area contributed by atoms with Gasteiger partial charge in [0.15, 0.2) is 6.61 Å². The molecule has 1 N–H and O–H groups in total. The molecule has 26 heavy (non-hydrogen) atoms. The van der Waals surface area contributed by atoms with Gasteiger partial charge in [0.05, 0.1) is 25.1 Å². The molecule has 2 aromatic carbocycles. The summed E-state index contributed by atoms with van der Waals surface area (Å²) in [5.41, 5.74) is 4.20. The molecule has 1 aliphatic heterocycles. The number of amides is 1. The predicted octanol–water partition coefficient (Wildman–Crippen LogP) is 3.39. The Balaban J connectivity index is 1.60. The first-order chi connectivity index (χ1) is 12.6. The van der Waals surface area contributed by atoms with Gasteiger partial charge in [0, 0.05) is 12.0 Å². The van der Waals surface area contributed by atoms with Crippen molar-refractivity contribution in [2.45, 2.75) is 32.7 Å². The molecule has 0 aliphatic carbocycles. The molecule has 1 aliphatic rings. The topological polar surface area (TPSA) is 71.3 Å². The van der Waals surface area contributed by atoms with Gasteiger partial charge in [-0.15, -0.1) is 0 Å². The fraction of sp³-hybridized carbons (Fsp3) is 0.333. The minimum absolute atomic E-state index is 0.0465. The second-order valence-electron chi connectivity index (χ2n) is 6.52. The summed E-state index contributed by atoms with van der Waals surface area (Å²) in [6.07, 6.45) is 1.10. The Hall–Kier alpha value is -3.00. The minimum atomic E-state index is -0.164. The highest BCUT2D eigenvalue weighted by Crippen LogP contribution is 2.35. The average molecular weight is 350 g/mol. The molecule has 0 bridgehead atoms. The highest BCUT2D eigenvalue weighted by Gasteiger charge is 2.24. The Morgan fingerprint density at radius 1 is 1.31 bits per heavy atom. The van der Waals surface area contributed by atoms with Crippen LogP contribution in [0.15, 0.2) is 36.4 Å². The van der Waals surface area contributed by atoms with E-state index in [1.165, 1.54) is 0 Å². The second-order valence-corrected chi connectivity index (χ2v) is 6.52. The van der Waals surface area contributed by atoms with Gasteiger partial charge >= 0.3 is 0 Å². The van der Waals surface area contributed by atoms with Crippen LogP contribution in [0.4, 0.5) is 0 Å². The Morgan fingerprint density at radius 3 is 2.81 bits per heavy atom. The summed E-state index contributed by atoms with van der Waals surface area (Å²) in [7, 11) is 0. The van der Waals surface area contributed by atoms with Crippen molar-refractivity contribution < 1.29 is 14.3 Å². The third kappa shape index (κ3) is 4.15. The number of rotatable bonds is 5. The maximum atomic E-state index is 12.3. The molecule has 5 heteroatoms. The van der Waals surface area contributed by atoms with Crippen LogP contribution in [0.1, 0.15) is 34.7 Å². The normalized spacial score (nSPS) is 15.3. The van der Waals surface area contributed by atoms with Crippen molar-refractivity contribution in [3.63, 3.8) is 0 Å². The van der Waals surface area contributed by atoms with Gasteiger partial charge in [-0.1, -0.05) is 29.8 Å². The van der Waals surface area contributed by atoms with Crippen molar-refractivity contribution in [3.8, 4) is 17.6 Å². The number of carbonyl (C=O) groups excluding carboxylic acids is 1. The van der Waals surface area contributed by atoms with Crippen molar-refractivity contribution in [3.05, 3.63) is 58.7 Å². The lowest BCUT2D eigenvalue weighted by atomic mass is 9.95. The molecule has 0 spiro atoms. The van der Waals surface area contributed by atoms with Crippen molar-refractivity contribution in [1.82, 2.24) is 5.32 Å². The average Bonchev–Trinajstić information content (AvgIpc) is 2.62. The fourth-order valence-corrected chi connectivity index (χ4v) is 3.21. The molecule has 1 heterocycles. The zero-order chi connectivity index (χ0) is 18.5. The fourth-order valence-electron chi connectivity index (χ4n) is 3.21. The first kappa shape index (κ1) is 17.8. The van der Waals surface area contributed by atoms with Gasteiger partial charge in [-0.2, -0.15) is 5.26 Å². The summed E-state index contributed by atoms with van der Waals surface area (Å²) in [6, 6.07) is 13.4. The molecule has 5 nitrogen and oxygen atoms in total. The number of benzene rings is 2. The number of hydrogen-bond acceptors (Lipinski definition) is 4. The van der Waals surface area contributed by atoms with E-state index in [4.69, 9.17) is 14.7 Å². The van der Waals surface area contributed by atoms with Gasteiger partial charge in [0.1, 0.15) is 11.5 Å². The number of nitrogens with one attached hydrogen (secondary N) is 1. The summed E-state index contributed by atoms with van der Waals surface area (Å²) in [4.78, 5) is 12.3. The van der Waals surface area contributed by atoms with Crippen molar-refractivity contribution >= 4 is 5.91 Å². The van der Waals surface area contributed by atoms with Crippen LogP contribution in [0.3, 0.4) is 0 Å². The Bertz CT molecular complexity index is 838. The molecule has 0 saturated heterocycles. The van der Waals surface area contributed by atoms with Crippen LogP contribution in [0.25, 0.3) is 0 Å². The Labute approximate surface area is 153 Å². The minimum Gasteiger partial charge on any atom is -0.493 e. The van der Waals surface area contributed by atoms with Gasteiger partial charge < -0.3 is 14.8 Å². The standard InChI is InChI=1S/C21H22N2O3/c1-14-11-15(2)21-18(12-14)19(8-10-25-21)23-20(24)13-26-17-5-3-16(4-6-17)7-9-22/h3-6,11-12,19H,7-8,10,13H2,1-2H3,(H,23,24). The number of carbonyl (C=O) groups is 1. The summed E-state index contributed by atoms with van der Waals surface area (Å²) in [6.45, 7) is 4.60. The quantitative estimate of drug-likeness (QED) is 0.897. The van der Waals surface area contributed by atoms with Gasteiger partial charge in [-0.05, 0) is 37.1 Å². The van der Waals surface area contributed by atoms with Crippen LogP contribution >= 0.6 is 0 Å². The van der Waals surface area contributed by atoms with E-state index in [-0.39, 0.29) is 18.6 Å². The third-order valence-electron chi connectivity index (χ3n) is 4.39. The van der Waals surface area contributed by atoms with Gasteiger partial charge in [0.25, 0.3) is 5.91 Å². The van der Waals surface area contributed by atoms with Crippen LogP contribution in [0.2, 0.25) is 0 Å². The Morgan fingerprint density at radius 2 is 2.08 bits per heavy atom. The molecule has 0 radical (unpaired) electrons. The smallest absolute Gasteiger partial charge is 0.258 e. The predicted molar refractivity (Wildman–Crippen MR) is 98.2 cm³/mol. The molecule has 1 atom stereocenters. The highest BCUT2D eigenvalue weighted by atomic mass is 16.5. The maximum absolute atomic E-state index is 12.3. The molecule has 134 valence electrons. The zero-order valence-electron chi connectivity index (χ0n) is 15.0. The molecule has 1 unspecified atom stereocenters. The lowest BCUT2D eigenvalue weighted by Gasteiger charge is -2.28. The summed E-state index contributed by atoms with van der Waals surface area (Å²) >= 11 is 0. The van der Waals surface area contributed by atoms with Crippen LogP contribution in [-0.4, -0.2) is 19.1 Å². The lowest BCUT2D eigenvalue weighted by molar-refractivity contribution is -0.124. The van der Waals surface area contributed by atoms with Gasteiger partial charge in [-0.3, -0.25) is 4.79 Å². The molecule has 0 fully saturated rings.